The predicted molar refractivity (Wildman–Crippen MR) is 226 cm³/mol. The van der Waals surface area contributed by atoms with Crippen molar-refractivity contribution in [3.05, 3.63) is 85.1 Å². The Hall–Kier alpha value is -3.49. The standard InChI is InChI=1S/C47H77NO7/c1-6-8-10-12-14-16-17-18-19-20-21-22-23-24-25-26-27-28-30-32-34-36-38-46(50)55-43(41-53-40-39-44(47(51)52)48(3,4)5)42-54-45(49)37-35-33-31-29-15-13-11-9-7-2/h8,10,14,16,18-19,21-22,24-25,27-29,31,43-44H,6-7,9,11-13,15,17,20,23,26,30,32-42H2,1-5H3/b10-8+,16-14+,19-18+,22-21+,25-24+,28-27+,31-29+. The van der Waals surface area contributed by atoms with Crippen LogP contribution in [0.3, 0.4) is 0 Å². The Bertz CT molecular complexity index is 1170. The molecule has 0 radical (unpaired) electrons. The van der Waals surface area contributed by atoms with Gasteiger partial charge in [0, 0.05) is 19.3 Å². The topological polar surface area (TPSA) is 102 Å². The summed E-state index contributed by atoms with van der Waals surface area (Å²) >= 11 is 0. The van der Waals surface area contributed by atoms with Crippen LogP contribution in [0.25, 0.3) is 0 Å². The summed E-state index contributed by atoms with van der Waals surface area (Å²) in [6, 6.07) is -0.739. The van der Waals surface area contributed by atoms with Crippen molar-refractivity contribution >= 4 is 17.9 Å². The van der Waals surface area contributed by atoms with Gasteiger partial charge in [0.25, 0.3) is 0 Å². The summed E-state index contributed by atoms with van der Waals surface area (Å²) in [5.41, 5.74) is 0. The predicted octanol–water partition coefficient (Wildman–Crippen LogP) is 10.0. The first-order valence-corrected chi connectivity index (χ1v) is 21.1. The van der Waals surface area contributed by atoms with Gasteiger partial charge < -0.3 is 28.6 Å². The van der Waals surface area contributed by atoms with Gasteiger partial charge >= 0.3 is 11.9 Å². The van der Waals surface area contributed by atoms with Crippen molar-refractivity contribution in [2.45, 2.75) is 154 Å². The van der Waals surface area contributed by atoms with Crippen molar-refractivity contribution < 1.29 is 38.2 Å². The summed E-state index contributed by atoms with van der Waals surface area (Å²) in [4.78, 5) is 36.7. The third kappa shape index (κ3) is 35.9. The van der Waals surface area contributed by atoms with E-state index in [1.165, 1.54) is 25.7 Å². The molecule has 2 unspecified atom stereocenters. The van der Waals surface area contributed by atoms with Crippen LogP contribution in [0.15, 0.2) is 85.1 Å². The van der Waals surface area contributed by atoms with Crippen LogP contribution in [0.2, 0.25) is 0 Å². The van der Waals surface area contributed by atoms with Gasteiger partial charge in [0.2, 0.25) is 0 Å². The first kappa shape index (κ1) is 51.5. The fourth-order valence-electron chi connectivity index (χ4n) is 5.49. The summed E-state index contributed by atoms with van der Waals surface area (Å²) in [6.07, 6.45) is 47.7. The first-order chi connectivity index (χ1) is 26.6. The lowest BCUT2D eigenvalue weighted by atomic mass is 10.1. The molecule has 0 N–H and O–H groups in total. The van der Waals surface area contributed by atoms with Gasteiger partial charge in [-0.05, 0) is 83.5 Å². The summed E-state index contributed by atoms with van der Waals surface area (Å²) in [7, 11) is 5.37. The quantitative estimate of drug-likeness (QED) is 0.0271. The Morgan fingerprint density at radius 3 is 1.55 bits per heavy atom. The molecule has 0 aliphatic carbocycles. The summed E-state index contributed by atoms with van der Waals surface area (Å²) in [5, 5.41) is 11.6. The first-order valence-electron chi connectivity index (χ1n) is 21.1. The second-order valence-corrected chi connectivity index (χ2v) is 14.8. The lowest BCUT2D eigenvalue weighted by molar-refractivity contribution is -0.889. The number of hydrogen-bond donors (Lipinski definition) is 0. The van der Waals surface area contributed by atoms with E-state index < -0.39 is 18.1 Å². The molecule has 0 saturated heterocycles. The number of carbonyl (C=O) groups excluding carboxylic acids is 3. The number of hydrogen-bond acceptors (Lipinski definition) is 7. The highest BCUT2D eigenvalue weighted by Crippen LogP contribution is 2.11. The van der Waals surface area contributed by atoms with E-state index >= 15 is 0 Å². The molecule has 2 atom stereocenters. The monoisotopic (exact) mass is 768 g/mol. The molecule has 0 aliphatic rings. The van der Waals surface area contributed by atoms with Crippen LogP contribution in [-0.4, -0.2) is 75.5 Å². The Morgan fingerprint density at radius 1 is 0.564 bits per heavy atom. The fraction of sp³-hybridized carbons (Fsp3) is 0.638. The van der Waals surface area contributed by atoms with Crippen LogP contribution in [0.5, 0.6) is 0 Å². The second kappa shape index (κ2) is 37.4. The average molecular weight is 768 g/mol. The molecule has 0 aromatic rings. The maximum absolute atomic E-state index is 12.7. The highest BCUT2D eigenvalue weighted by Gasteiger charge is 2.25. The zero-order valence-electron chi connectivity index (χ0n) is 35.3. The lowest BCUT2D eigenvalue weighted by Gasteiger charge is -2.34. The molecule has 8 nitrogen and oxygen atoms in total. The number of nitrogens with zero attached hydrogens (tertiary/aromatic N) is 1. The highest BCUT2D eigenvalue weighted by molar-refractivity contribution is 5.70. The molecule has 0 spiro atoms. The minimum Gasteiger partial charge on any atom is -0.544 e. The van der Waals surface area contributed by atoms with Gasteiger partial charge in [-0.25, -0.2) is 0 Å². The molecule has 312 valence electrons. The lowest BCUT2D eigenvalue weighted by Crippen LogP contribution is -2.55. The average Bonchev–Trinajstić information content (AvgIpc) is 3.14. The van der Waals surface area contributed by atoms with E-state index in [1.54, 1.807) is 21.1 Å². The number of likely N-dealkylation sites (N-methyl/N-ethyl adjacent to an activating group) is 1. The van der Waals surface area contributed by atoms with Crippen molar-refractivity contribution in [2.24, 2.45) is 0 Å². The molecule has 0 aromatic carbocycles. The number of allylic oxidation sites excluding steroid dienone is 14. The number of aliphatic carboxylic acids is 1. The molecule has 0 rings (SSSR count). The van der Waals surface area contributed by atoms with Gasteiger partial charge in [-0.15, -0.1) is 0 Å². The normalized spacial score (nSPS) is 13.8. The van der Waals surface area contributed by atoms with E-state index in [0.29, 0.717) is 12.8 Å². The van der Waals surface area contributed by atoms with Crippen LogP contribution in [0.4, 0.5) is 0 Å². The van der Waals surface area contributed by atoms with Crippen LogP contribution < -0.4 is 5.11 Å². The molecule has 55 heavy (non-hydrogen) atoms. The van der Waals surface area contributed by atoms with Crippen molar-refractivity contribution in [1.82, 2.24) is 0 Å². The Kier molecular flexibility index (Phi) is 35.1. The maximum atomic E-state index is 12.7. The third-order valence-electron chi connectivity index (χ3n) is 8.77. The maximum Gasteiger partial charge on any atom is 0.306 e. The summed E-state index contributed by atoms with van der Waals surface area (Å²) < 4.78 is 17.0. The van der Waals surface area contributed by atoms with Crippen LogP contribution in [0, 0.1) is 0 Å². The summed E-state index contributed by atoms with van der Waals surface area (Å²) in [6.45, 7) is 4.41. The van der Waals surface area contributed by atoms with Crippen LogP contribution in [-0.2, 0) is 28.6 Å². The Labute approximate surface area is 335 Å². The smallest absolute Gasteiger partial charge is 0.306 e. The number of quaternary nitrogens is 1. The van der Waals surface area contributed by atoms with E-state index in [0.717, 1.165) is 70.6 Å². The van der Waals surface area contributed by atoms with Crippen molar-refractivity contribution in [1.29, 1.82) is 0 Å². The zero-order chi connectivity index (χ0) is 40.7. The fourth-order valence-corrected chi connectivity index (χ4v) is 5.49. The van der Waals surface area contributed by atoms with Gasteiger partial charge in [0.1, 0.15) is 12.6 Å². The molecule has 0 bridgehead atoms. The number of unbranched alkanes of at least 4 members (excludes halogenated alkanes) is 8. The van der Waals surface area contributed by atoms with Gasteiger partial charge in [0.05, 0.1) is 40.3 Å². The van der Waals surface area contributed by atoms with Crippen molar-refractivity contribution in [3.8, 4) is 0 Å². The Balaban J connectivity index is 4.42. The van der Waals surface area contributed by atoms with E-state index in [1.807, 2.05) is 0 Å². The zero-order valence-corrected chi connectivity index (χ0v) is 35.3. The SMILES string of the molecule is CC/C=C/C/C=C/C/C=C/C/C=C/C/C=C/C/C=C/CCCCCC(=O)OC(COCCC(C(=O)[O-])[N+](C)(C)C)COC(=O)CCC/C=C/CCCCCC. The second-order valence-electron chi connectivity index (χ2n) is 14.8. The van der Waals surface area contributed by atoms with Gasteiger partial charge in [-0.2, -0.15) is 0 Å². The molecule has 0 saturated carbocycles. The van der Waals surface area contributed by atoms with Crippen LogP contribution >= 0.6 is 0 Å². The molecular weight excluding hydrogens is 691 g/mol. The number of carboxylic acid groups (broad SMARTS) is 1. The van der Waals surface area contributed by atoms with E-state index in [-0.39, 0.29) is 55.5 Å². The van der Waals surface area contributed by atoms with Crippen LogP contribution in [0.1, 0.15) is 142 Å². The molecular formula is C47H77NO7. The van der Waals surface area contributed by atoms with Gasteiger partial charge in [-0.3, -0.25) is 9.59 Å². The van der Waals surface area contributed by atoms with E-state index in [2.05, 4.69) is 98.9 Å². The van der Waals surface area contributed by atoms with Gasteiger partial charge in [0.15, 0.2) is 6.10 Å². The summed E-state index contributed by atoms with van der Waals surface area (Å²) in [5.74, 6) is -1.84. The molecule has 0 aromatic heterocycles. The molecule has 0 aliphatic heterocycles. The molecule has 0 fully saturated rings. The third-order valence-corrected chi connectivity index (χ3v) is 8.77. The minimum atomic E-state index is -1.14. The number of carboxylic acids is 1. The molecule has 0 heterocycles. The highest BCUT2D eigenvalue weighted by atomic mass is 16.6. The largest absolute Gasteiger partial charge is 0.544 e. The number of esters is 2. The van der Waals surface area contributed by atoms with E-state index in [9.17, 15) is 19.5 Å². The number of rotatable bonds is 36. The molecule has 8 heteroatoms. The minimum absolute atomic E-state index is 0.0133. The Morgan fingerprint density at radius 2 is 1.04 bits per heavy atom. The number of ether oxygens (including phenoxy) is 3. The van der Waals surface area contributed by atoms with Gasteiger partial charge in [-0.1, -0.05) is 125 Å². The molecule has 0 amide bonds. The van der Waals surface area contributed by atoms with Crippen molar-refractivity contribution in [2.75, 3.05) is 41.0 Å². The van der Waals surface area contributed by atoms with E-state index in [4.69, 9.17) is 14.2 Å². The number of carbonyl (C=O) groups is 3. The van der Waals surface area contributed by atoms with Crippen molar-refractivity contribution in [3.63, 3.8) is 0 Å².